The third kappa shape index (κ3) is 4.47. The first-order valence-electron chi connectivity index (χ1n) is 6.93. The number of halogens is 1. The van der Waals surface area contributed by atoms with Crippen molar-refractivity contribution in [3.05, 3.63) is 35.6 Å². The van der Waals surface area contributed by atoms with E-state index in [0.717, 1.165) is 13.1 Å². The second kappa shape index (κ2) is 6.83. The van der Waals surface area contributed by atoms with Crippen LogP contribution in [0.5, 0.6) is 0 Å². The highest BCUT2D eigenvalue weighted by atomic mass is 32.2. The number of benzene rings is 1. The van der Waals surface area contributed by atoms with Crippen molar-refractivity contribution in [3.63, 3.8) is 0 Å². The smallest absolute Gasteiger partial charge is 0.216 e. The number of sulfonamides is 1. The molecule has 0 unspecified atom stereocenters. The lowest BCUT2D eigenvalue weighted by molar-refractivity contribution is 0.0954. The van der Waals surface area contributed by atoms with Crippen LogP contribution in [0.3, 0.4) is 0 Å². The van der Waals surface area contributed by atoms with Gasteiger partial charge in [-0.2, -0.15) is 0 Å². The third-order valence-corrected chi connectivity index (χ3v) is 5.07. The Bertz CT molecular complexity index is 562. The molecule has 118 valence electrons. The van der Waals surface area contributed by atoms with E-state index in [9.17, 15) is 12.8 Å². The van der Waals surface area contributed by atoms with Crippen LogP contribution in [0, 0.1) is 5.82 Å². The number of rotatable bonds is 6. The maximum atomic E-state index is 12.8. The van der Waals surface area contributed by atoms with Crippen LogP contribution in [0.25, 0.3) is 0 Å². The van der Waals surface area contributed by atoms with Gasteiger partial charge in [0.2, 0.25) is 10.0 Å². The number of likely N-dealkylation sites (tertiary alicyclic amines) is 1. The van der Waals surface area contributed by atoms with Crippen molar-refractivity contribution >= 4 is 10.0 Å². The summed E-state index contributed by atoms with van der Waals surface area (Å²) in [5.41, 5.74) is 0.559. The molecule has 0 bridgehead atoms. The number of hydrogen-bond donors (Lipinski definition) is 1. The van der Waals surface area contributed by atoms with Crippen LogP contribution < -0.4 is 4.72 Å². The predicted octanol–water partition coefficient (Wildman–Crippen LogP) is 0.964. The Morgan fingerprint density at radius 1 is 1.33 bits per heavy atom. The molecule has 1 heterocycles. The molecule has 1 fully saturated rings. The van der Waals surface area contributed by atoms with Gasteiger partial charge in [-0.15, -0.1) is 0 Å². The van der Waals surface area contributed by atoms with E-state index >= 15 is 0 Å². The number of ether oxygens (including phenoxy) is 1. The summed E-state index contributed by atoms with van der Waals surface area (Å²) in [5.74, 6) is -0.537. The second-order valence-corrected chi connectivity index (χ2v) is 6.99. The summed E-state index contributed by atoms with van der Waals surface area (Å²) in [6, 6.07) is 5.24. The zero-order valence-corrected chi connectivity index (χ0v) is 13.1. The summed E-state index contributed by atoms with van der Waals surface area (Å²) in [7, 11) is -1.90. The number of nitrogens with one attached hydrogen (secondary N) is 1. The van der Waals surface area contributed by atoms with E-state index in [1.807, 2.05) is 6.92 Å². The minimum Gasteiger partial charge on any atom is -0.378 e. The number of likely N-dealkylation sites (N-methyl/N-ethyl adjacent to an activating group) is 1. The first kappa shape index (κ1) is 16.4. The largest absolute Gasteiger partial charge is 0.378 e. The summed E-state index contributed by atoms with van der Waals surface area (Å²) in [6.07, 6.45) is -0.145. The third-order valence-electron chi connectivity index (χ3n) is 3.69. The van der Waals surface area contributed by atoms with E-state index in [1.165, 1.54) is 24.3 Å². The van der Waals surface area contributed by atoms with Gasteiger partial charge in [-0.1, -0.05) is 19.1 Å². The van der Waals surface area contributed by atoms with Crippen molar-refractivity contribution < 1.29 is 17.5 Å². The minimum atomic E-state index is -3.48. The second-order valence-electron chi connectivity index (χ2n) is 5.24. The molecule has 1 aliphatic rings. The van der Waals surface area contributed by atoms with Gasteiger partial charge in [0.1, 0.15) is 5.82 Å². The van der Waals surface area contributed by atoms with Crippen molar-refractivity contribution in [2.45, 2.75) is 24.8 Å². The fourth-order valence-electron chi connectivity index (χ4n) is 2.53. The van der Waals surface area contributed by atoms with E-state index in [4.69, 9.17) is 4.74 Å². The summed E-state index contributed by atoms with van der Waals surface area (Å²) >= 11 is 0. The molecule has 1 aromatic rings. The molecule has 2 atom stereocenters. The van der Waals surface area contributed by atoms with E-state index in [0.29, 0.717) is 12.1 Å². The highest BCUT2D eigenvalue weighted by Gasteiger charge is 2.34. The number of nitrogens with zero attached hydrogens (tertiary/aromatic N) is 1. The molecule has 1 aromatic carbocycles. The molecule has 21 heavy (non-hydrogen) atoms. The molecule has 1 aliphatic heterocycles. The van der Waals surface area contributed by atoms with Gasteiger partial charge in [0.15, 0.2) is 0 Å². The van der Waals surface area contributed by atoms with Gasteiger partial charge in [0, 0.05) is 20.2 Å². The maximum absolute atomic E-state index is 12.8. The van der Waals surface area contributed by atoms with Crippen molar-refractivity contribution in [3.8, 4) is 0 Å². The van der Waals surface area contributed by atoms with Gasteiger partial charge in [-0.05, 0) is 24.2 Å². The average Bonchev–Trinajstić information content (AvgIpc) is 2.82. The first-order valence-corrected chi connectivity index (χ1v) is 8.58. The van der Waals surface area contributed by atoms with Gasteiger partial charge < -0.3 is 4.74 Å². The number of methoxy groups -OCH3 is 1. The van der Waals surface area contributed by atoms with Gasteiger partial charge in [0.05, 0.1) is 17.9 Å². The van der Waals surface area contributed by atoms with E-state index in [2.05, 4.69) is 9.62 Å². The zero-order chi connectivity index (χ0) is 15.5. The molecule has 1 N–H and O–H groups in total. The molecule has 1 saturated heterocycles. The Morgan fingerprint density at radius 2 is 2.00 bits per heavy atom. The Balaban J connectivity index is 2.01. The summed E-state index contributed by atoms with van der Waals surface area (Å²) in [5, 5.41) is 0. The van der Waals surface area contributed by atoms with E-state index in [1.54, 1.807) is 7.11 Å². The fourth-order valence-corrected chi connectivity index (χ4v) is 3.94. The lowest BCUT2D eigenvalue weighted by Gasteiger charge is -2.18. The van der Waals surface area contributed by atoms with Crippen LogP contribution in [-0.4, -0.2) is 52.2 Å². The van der Waals surface area contributed by atoms with Crippen LogP contribution in [0.1, 0.15) is 12.5 Å². The first-order chi connectivity index (χ1) is 9.93. The van der Waals surface area contributed by atoms with Crippen LogP contribution >= 0.6 is 0 Å². The van der Waals surface area contributed by atoms with Crippen LogP contribution in [0.15, 0.2) is 24.3 Å². The normalized spacial score (nSPS) is 23.6. The lowest BCUT2D eigenvalue weighted by Crippen LogP contribution is -2.44. The molecule has 0 aromatic heterocycles. The van der Waals surface area contributed by atoms with Crippen molar-refractivity contribution in [1.29, 1.82) is 0 Å². The maximum Gasteiger partial charge on any atom is 0.216 e. The lowest BCUT2D eigenvalue weighted by atomic mass is 10.2. The SMILES string of the molecule is CCN1C[C@H](NS(=O)(=O)Cc2ccc(F)cc2)[C@@H](OC)C1. The molecular weight excluding hydrogens is 295 g/mol. The molecule has 7 heteroatoms. The van der Waals surface area contributed by atoms with Gasteiger partial charge >= 0.3 is 0 Å². The Labute approximate surface area is 125 Å². The standard InChI is InChI=1S/C14H21FN2O3S/c1-3-17-8-13(14(9-17)20-2)16-21(18,19)10-11-4-6-12(15)7-5-11/h4-7,13-14,16H,3,8-10H2,1-2H3/t13-,14-/m0/s1. The molecule has 5 nitrogen and oxygen atoms in total. The molecule has 0 saturated carbocycles. The zero-order valence-electron chi connectivity index (χ0n) is 12.3. The van der Waals surface area contributed by atoms with Crippen LogP contribution in [-0.2, 0) is 20.5 Å². The van der Waals surface area contributed by atoms with Crippen LogP contribution in [0.4, 0.5) is 4.39 Å². The minimum absolute atomic E-state index is 0.145. The van der Waals surface area contributed by atoms with Crippen molar-refractivity contribution in [2.24, 2.45) is 0 Å². The summed E-state index contributed by atoms with van der Waals surface area (Å²) in [6.45, 7) is 4.24. The number of hydrogen-bond acceptors (Lipinski definition) is 4. The predicted molar refractivity (Wildman–Crippen MR) is 78.9 cm³/mol. The fraction of sp³-hybridized carbons (Fsp3) is 0.571. The molecule has 0 aliphatic carbocycles. The summed E-state index contributed by atoms with van der Waals surface area (Å²) in [4.78, 5) is 2.14. The summed E-state index contributed by atoms with van der Waals surface area (Å²) < 4.78 is 45.3. The molecule has 0 amide bonds. The molecular formula is C14H21FN2O3S. The van der Waals surface area contributed by atoms with Gasteiger partial charge in [0.25, 0.3) is 0 Å². The Kier molecular flexibility index (Phi) is 5.32. The highest BCUT2D eigenvalue weighted by Crippen LogP contribution is 2.15. The quantitative estimate of drug-likeness (QED) is 0.849. The van der Waals surface area contributed by atoms with Crippen molar-refractivity contribution in [2.75, 3.05) is 26.7 Å². The van der Waals surface area contributed by atoms with E-state index < -0.39 is 10.0 Å². The Morgan fingerprint density at radius 3 is 2.57 bits per heavy atom. The average molecular weight is 316 g/mol. The molecule has 0 radical (unpaired) electrons. The van der Waals surface area contributed by atoms with E-state index in [-0.39, 0.29) is 23.7 Å². The molecule has 2 rings (SSSR count). The topological polar surface area (TPSA) is 58.6 Å². The van der Waals surface area contributed by atoms with Gasteiger partial charge in [-0.25, -0.2) is 17.5 Å². The monoisotopic (exact) mass is 316 g/mol. The van der Waals surface area contributed by atoms with Crippen LogP contribution in [0.2, 0.25) is 0 Å². The molecule has 0 spiro atoms. The Hall–Kier alpha value is -1.02. The van der Waals surface area contributed by atoms with Gasteiger partial charge in [-0.3, -0.25) is 4.90 Å². The van der Waals surface area contributed by atoms with Crippen molar-refractivity contribution in [1.82, 2.24) is 9.62 Å². The highest BCUT2D eigenvalue weighted by molar-refractivity contribution is 7.88.